The van der Waals surface area contributed by atoms with Crippen LogP contribution in [-0.2, 0) is 0 Å². The maximum Gasteiger partial charge on any atom is 0.348 e. The standard InChI is InChI=1S/C9H11Cl3OSi/c1-2-9(14(10,11)12)7-3-5-8(13)6-4-7/h3-6,9,13H,2H2,1H3. The Kier molecular flexibility index (Phi) is 4.13. The van der Waals surface area contributed by atoms with Gasteiger partial charge in [0.15, 0.2) is 0 Å². The van der Waals surface area contributed by atoms with Gasteiger partial charge in [0.05, 0.1) is 0 Å². The zero-order chi connectivity index (χ0) is 10.8. The van der Waals surface area contributed by atoms with E-state index in [4.69, 9.17) is 38.3 Å². The smallest absolute Gasteiger partial charge is 0.348 e. The van der Waals surface area contributed by atoms with E-state index in [9.17, 15) is 0 Å². The quantitative estimate of drug-likeness (QED) is 0.647. The third kappa shape index (κ3) is 3.06. The molecule has 0 aliphatic rings. The van der Waals surface area contributed by atoms with E-state index in [2.05, 4.69) is 0 Å². The summed E-state index contributed by atoms with van der Waals surface area (Å²) in [7, 11) is 0. The summed E-state index contributed by atoms with van der Waals surface area (Å²) in [4.78, 5) is 0. The molecule has 1 nitrogen and oxygen atoms in total. The highest BCUT2D eigenvalue weighted by molar-refractivity contribution is 7.65. The fourth-order valence-electron chi connectivity index (χ4n) is 1.36. The van der Waals surface area contributed by atoms with Crippen molar-refractivity contribution in [3.63, 3.8) is 0 Å². The van der Waals surface area contributed by atoms with Crippen molar-refractivity contribution in [1.82, 2.24) is 0 Å². The fourth-order valence-corrected chi connectivity index (χ4v) is 4.92. The molecule has 0 fully saturated rings. The number of benzene rings is 1. The zero-order valence-corrected chi connectivity index (χ0v) is 10.9. The van der Waals surface area contributed by atoms with E-state index in [1.807, 2.05) is 6.92 Å². The van der Waals surface area contributed by atoms with Crippen LogP contribution in [0.3, 0.4) is 0 Å². The van der Waals surface area contributed by atoms with Gasteiger partial charge < -0.3 is 5.11 Å². The predicted octanol–water partition coefficient (Wildman–Crippen LogP) is 4.08. The molecule has 0 aliphatic heterocycles. The second kappa shape index (κ2) is 4.75. The summed E-state index contributed by atoms with van der Waals surface area (Å²) >= 11 is 17.9. The highest BCUT2D eigenvalue weighted by atomic mass is 35.8. The van der Waals surface area contributed by atoms with Crippen molar-refractivity contribution in [2.45, 2.75) is 18.9 Å². The summed E-state index contributed by atoms with van der Waals surface area (Å²) in [6, 6.07) is 4.13. The fraction of sp³-hybridized carbons (Fsp3) is 0.333. The average Bonchev–Trinajstić information content (AvgIpc) is 2.07. The van der Waals surface area contributed by atoms with Crippen LogP contribution in [0.1, 0.15) is 24.4 Å². The van der Waals surface area contributed by atoms with Crippen molar-refractivity contribution in [3.05, 3.63) is 29.8 Å². The van der Waals surface area contributed by atoms with Crippen molar-refractivity contribution >= 4 is 39.2 Å². The van der Waals surface area contributed by atoms with E-state index in [0.29, 0.717) is 0 Å². The molecular weight excluding hydrogens is 259 g/mol. The number of phenolic OH excluding ortho intramolecular Hbond substituents is 1. The normalized spacial score (nSPS) is 14.0. The SMILES string of the molecule is CCC(c1ccc(O)cc1)[Si](Cl)(Cl)Cl. The molecule has 0 heterocycles. The van der Waals surface area contributed by atoms with Crippen LogP contribution in [0.4, 0.5) is 0 Å². The van der Waals surface area contributed by atoms with Crippen LogP contribution >= 0.6 is 33.2 Å². The van der Waals surface area contributed by atoms with Crippen LogP contribution < -0.4 is 0 Å². The molecule has 5 heteroatoms. The van der Waals surface area contributed by atoms with Gasteiger partial charge in [0, 0.05) is 5.54 Å². The van der Waals surface area contributed by atoms with Crippen LogP contribution in [0.5, 0.6) is 5.75 Å². The molecule has 1 aromatic carbocycles. The Hall–Kier alpha value is 0.107. The molecule has 0 spiro atoms. The molecular formula is C9H11Cl3OSi. The Morgan fingerprint density at radius 1 is 1.21 bits per heavy atom. The molecule has 0 saturated carbocycles. The Morgan fingerprint density at radius 3 is 2.07 bits per heavy atom. The van der Waals surface area contributed by atoms with Crippen molar-refractivity contribution in [2.24, 2.45) is 0 Å². The lowest BCUT2D eigenvalue weighted by molar-refractivity contribution is 0.475. The second-order valence-corrected chi connectivity index (χ2v) is 12.0. The number of rotatable bonds is 3. The minimum atomic E-state index is -2.71. The third-order valence-electron chi connectivity index (χ3n) is 2.10. The molecule has 1 rings (SSSR count). The van der Waals surface area contributed by atoms with Gasteiger partial charge in [0.2, 0.25) is 0 Å². The summed E-state index contributed by atoms with van der Waals surface area (Å²) < 4.78 is 0. The topological polar surface area (TPSA) is 20.2 Å². The molecule has 0 saturated heterocycles. The molecule has 0 bridgehead atoms. The summed E-state index contributed by atoms with van der Waals surface area (Å²) in [6.45, 7) is 1.99. The Morgan fingerprint density at radius 2 is 1.71 bits per heavy atom. The van der Waals surface area contributed by atoms with Crippen LogP contribution in [-0.4, -0.2) is 11.1 Å². The minimum Gasteiger partial charge on any atom is -0.508 e. The number of halogens is 3. The van der Waals surface area contributed by atoms with Gasteiger partial charge >= 0.3 is 6.00 Å². The van der Waals surface area contributed by atoms with E-state index in [1.54, 1.807) is 24.3 Å². The summed E-state index contributed by atoms with van der Waals surface area (Å²) in [5.41, 5.74) is 0.977. The second-order valence-electron chi connectivity index (χ2n) is 3.09. The summed E-state index contributed by atoms with van der Waals surface area (Å²) in [5, 5.41) is 9.13. The van der Waals surface area contributed by atoms with Gasteiger partial charge in [-0.2, -0.15) is 0 Å². The lowest BCUT2D eigenvalue weighted by Gasteiger charge is -2.20. The first-order valence-corrected chi connectivity index (χ1v) is 9.42. The van der Waals surface area contributed by atoms with Gasteiger partial charge in [-0.1, -0.05) is 19.1 Å². The molecule has 1 atom stereocenters. The van der Waals surface area contributed by atoms with E-state index in [-0.39, 0.29) is 11.3 Å². The lowest BCUT2D eigenvalue weighted by atomic mass is 10.1. The predicted molar refractivity (Wildman–Crippen MR) is 64.5 cm³/mol. The maximum atomic E-state index is 9.13. The van der Waals surface area contributed by atoms with Crippen LogP contribution in [0.15, 0.2) is 24.3 Å². The molecule has 0 amide bonds. The molecule has 14 heavy (non-hydrogen) atoms. The van der Waals surface area contributed by atoms with Crippen molar-refractivity contribution in [3.8, 4) is 5.75 Å². The number of phenols is 1. The third-order valence-corrected chi connectivity index (χ3v) is 6.00. The Labute approximate surface area is 98.7 Å². The Bertz CT molecular complexity index is 294. The highest BCUT2D eigenvalue weighted by Crippen LogP contribution is 2.39. The summed E-state index contributed by atoms with van der Waals surface area (Å²) in [5.74, 6) is 0.231. The van der Waals surface area contributed by atoms with Crippen molar-refractivity contribution in [1.29, 1.82) is 0 Å². The van der Waals surface area contributed by atoms with Crippen molar-refractivity contribution < 1.29 is 5.11 Å². The van der Waals surface area contributed by atoms with E-state index in [1.165, 1.54) is 0 Å². The largest absolute Gasteiger partial charge is 0.508 e. The van der Waals surface area contributed by atoms with E-state index >= 15 is 0 Å². The van der Waals surface area contributed by atoms with Gasteiger partial charge in [0.1, 0.15) is 5.75 Å². The van der Waals surface area contributed by atoms with Crippen LogP contribution in [0.2, 0.25) is 0 Å². The number of hydrogen-bond donors (Lipinski definition) is 1. The molecule has 1 aromatic rings. The maximum absolute atomic E-state index is 9.13. The average molecular weight is 270 g/mol. The first-order chi connectivity index (χ1) is 6.45. The van der Waals surface area contributed by atoms with E-state index < -0.39 is 6.00 Å². The van der Waals surface area contributed by atoms with Crippen molar-refractivity contribution in [2.75, 3.05) is 0 Å². The van der Waals surface area contributed by atoms with Crippen LogP contribution in [0, 0.1) is 0 Å². The molecule has 0 aliphatic carbocycles. The van der Waals surface area contributed by atoms with Gasteiger partial charge in [-0.15, -0.1) is 33.2 Å². The summed E-state index contributed by atoms with van der Waals surface area (Å²) in [6.07, 6.45) is 0.799. The number of aromatic hydroxyl groups is 1. The lowest BCUT2D eigenvalue weighted by Crippen LogP contribution is -2.22. The van der Waals surface area contributed by atoms with E-state index in [0.717, 1.165) is 12.0 Å². The highest BCUT2D eigenvalue weighted by Gasteiger charge is 2.36. The van der Waals surface area contributed by atoms with Crippen LogP contribution in [0.25, 0.3) is 0 Å². The monoisotopic (exact) mass is 268 g/mol. The first kappa shape index (κ1) is 12.2. The number of hydrogen-bond acceptors (Lipinski definition) is 1. The van der Waals surface area contributed by atoms with Gasteiger partial charge in [-0.25, -0.2) is 0 Å². The first-order valence-electron chi connectivity index (χ1n) is 4.30. The molecule has 1 unspecified atom stereocenters. The zero-order valence-electron chi connectivity index (χ0n) is 7.67. The molecule has 78 valence electrons. The Balaban J connectivity index is 2.96. The van der Waals surface area contributed by atoms with Gasteiger partial charge in [-0.3, -0.25) is 0 Å². The minimum absolute atomic E-state index is 0.00639. The van der Waals surface area contributed by atoms with Gasteiger partial charge in [-0.05, 0) is 24.1 Å². The molecule has 1 N–H and O–H groups in total. The van der Waals surface area contributed by atoms with Gasteiger partial charge in [0.25, 0.3) is 0 Å². The molecule has 0 radical (unpaired) electrons. The molecule has 0 aromatic heterocycles.